The lowest BCUT2D eigenvalue weighted by Gasteiger charge is -2.07. The van der Waals surface area contributed by atoms with Gasteiger partial charge in [-0.15, -0.1) is 0 Å². The second-order valence-electron chi connectivity index (χ2n) is 7.16. The Kier molecular flexibility index (Phi) is 4.60. The van der Waals surface area contributed by atoms with Crippen molar-refractivity contribution in [1.82, 2.24) is 8.75 Å². The van der Waals surface area contributed by atoms with Crippen molar-refractivity contribution in [3.05, 3.63) is 29.8 Å². The fourth-order valence-electron chi connectivity index (χ4n) is 3.12. The standard InChI is InChI=1S/C18H21N3O3S/c1-10(2)8-11-15(18(11,3)4)17(23)24-9-14(22)19-12-6-5-7-13-16(12)21-25-20-13/h5-8,11,15H,9H2,1-4H3,(H,19,22). The molecule has 1 fully saturated rings. The molecule has 1 aromatic heterocycles. The van der Waals surface area contributed by atoms with E-state index in [4.69, 9.17) is 4.74 Å². The first-order valence-corrected chi connectivity index (χ1v) is 8.86. The molecule has 1 amide bonds. The third-order valence-corrected chi connectivity index (χ3v) is 5.13. The van der Waals surface area contributed by atoms with Crippen LogP contribution in [0.3, 0.4) is 0 Å². The van der Waals surface area contributed by atoms with E-state index in [2.05, 4.69) is 20.1 Å². The van der Waals surface area contributed by atoms with Gasteiger partial charge in [0.25, 0.3) is 5.91 Å². The summed E-state index contributed by atoms with van der Waals surface area (Å²) in [6.45, 7) is 7.80. The lowest BCUT2D eigenvalue weighted by Crippen LogP contribution is -2.22. The van der Waals surface area contributed by atoms with E-state index < -0.39 is 0 Å². The summed E-state index contributed by atoms with van der Waals surface area (Å²) in [6, 6.07) is 5.37. The van der Waals surface area contributed by atoms with Crippen LogP contribution in [0.2, 0.25) is 0 Å². The molecule has 2 aromatic rings. The van der Waals surface area contributed by atoms with Gasteiger partial charge in [0.05, 0.1) is 23.3 Å². The van der Waals surface area contributed by atoms with E-state index in [-0.39, 0.29) is 35.7 Å². The van der Waals surface area contributed by atoms with Crippen LogP contribution >= 0.6 is 11.7 Å². The number of amides is 1. The average molecular weight is 359 g/mol. The molecule has 1 heterocycles. The summed E-state index contributed by atoms with van der Waals surface area (Å²) >= 11 is 1.09. The third-order valence-electron chi connectivity index (χ3n) is 4.58. The smallest absolute Gasteiger partial charge is 0.310 e. The first-order chi connectivity index (χ1) is 11.8. The lowest BCUT2D eigenvalue weighted by atomic mass is 10.1. The zero-order chi connectivity index (χ0) is 18.2. The molecule has 2 unspecified atom stereocenters. The van der Waals surface area contributed by atoms with Crippen LogP contribution < -0.4 is 5.32 Å². The highest BCUT2D eigenvalue weighted by Gasteiger charge is 2.61. The maximum Gasteiger partial charge on any atom is 0.310 e. The summed E-state index contributed by atoms with van der Waals surface area (Å²) in [6.07, 6.45) is 2.10. The van der Waals surface area contributed by atoms with Gasteiger partial charge < -0.3 is 10.1 Å². The largest absolute Gasteiger partial charge is 0.455 e. The molecule has 2 atom stereocenters. The Morgan fingerprint density at radius 3 is 2.80 bits per heavy atom. The number of fused-ring (bicyclic) bond motifs is 1. The molecule has 7 heteroatoms. The predicted octanol–water partition coefficient (Wildman–Crippen LogP) is 3.41. The van der Waals surface area contributed by atoms with Crippen LogP contribution in [0.4, 0.5) is 5.69 Å². The van der Waals surface area contributed by atoms with Crippen molar-refractivity contribution in [3.8, 4) is 0 Å². The van der Waals surface area contributed by atoms with E-state index in [1.807, 2.05) is 33.8 Å². The SMILES string of the molecule is CC(C)=CC1C(C(=O)OCC(=O)Nc2cccc3nsnc23)C1(C)C. The molecule has 1 aliphatic rings. The Balaban J connectivity index is 1.57. The number of hydrogen-bond acceptors (Lipinski definition) is 6. The van der Waals surface area contributed by atoms with Gasteiger partial charge in [-0.1, -0.05) is 31.6 Å². The predicted molar refractivity (Wildman–Crippen MR) is 97.2 cm³/mol. The van der Waals surface area contributed by atoms with Crippen molar-refractivity contribution in [1.29, 1.82) is 0 Å². The number of allylic oxidation sites excluding steroid dienone is 2. The molecule has 0 bridgehead atoms. The molecule has 3 rings (SSSR count). The van der Waals surface area contributed by atoms with Gasteiger partial charge in [0.15, 0.2) is 6.61 Å². The van der Waals surface area contributed by atoms with Crippen LogP contribution in [0.1, 0.15) is 27.7 Å². The Labute approximate surface area is 150 Å². The summed E-state index contributed by atoms with van der Waals surface area (Å²) < 4.78 is 13.5. The van der Waals surface area contributed by atoms with Gasteiger partial charge in [-0.25, -0.2) is 0 Å². The van der Waals surface area contributed by atoms with Gasteiger partial charge in [0.1, 0.15) is 11.0 Å². The maximum atomic E-state index is 12.3. The van der Waals surface area contributed by atoms with Gasteiger partial charge in [-0.05, 0) is 37.3 Å². The second-order valence-corrected chi connectivity index (χ2v) is 7.69. The van der Waals surface area contributed by atoms with E-state index in [1.165, 1.54) is 5.57 Å². The number of carbonyl (C=O) groups excluding carboxylic acids is 2. The van der Waals surface area contributed by atoms with E-state index in [0.29, 0.717) is 11.2 Å². The normalized spacial score (nSPS) is 20.8. The number of rotatable bonds is 5. The van der Waals surface area contributed by atoms with Crippen LogP contribution in [0.25, 0.3) is 11.0 Å². The maximum absolute atomic E-state index is 12.3. The van der Waals surface area contributed by atoms with Crippen LogP contribution in [0.15, 0.2) is 29.8 Å². The number of nitrogens with one attached hydrogen (secondary N) is 1. The fourth-order valence-corrected chi connectivity index (χ4v) is 3.67. The van der Waals surface area contributed by atoms with Gasteiger partial charge in [0, 0.05) is 0 Å². The minimum absolute atomic E-state index is 0.122. The molecule has 1 N–H and O–H groups in total. The van der Waals surface area contributed by atoms with Crippen molar-refractivity contribution >= 4 is 40.3 Å². The molecule has 1 aliphatic carbocycles. The van der Waals surface area contributed by atoms with Crippen molar-refractivity contribution in [3.63, 3.8) is 0 Å². The van der Waals surface area contributed by atoms with Gasteiger partial charge in [-0.3, -0.25) is 9.59 Å². The number of hydrogen-bond donors (Lipinski definition) is 1. The van der Waals surface area contributed by atoms with Gasteiger partial charge in [-0.2, -0.15) is 8.75 Å². The summed E-state index contributed by atoms with van der Waals surface area (Å²) in [4.78, 5) is 24.4. The number of anilines is 1. The molecule has 0 radical (unpaired) electrons. The van der Waals surface area contributed by atoms with E-state index in [1.54, 1.807) is 12.1 Å². The van der Waals surface area contributed by atoms with Crippen LogP contribution in [-0.4, -0.2) is 27.2 Å². The van der Waals surface area contributed by atoms with Crippen molar-refractivity contribution in [2.24, 2.45) is 17.3 Å². The second kappa shape index (κ2) is 6.55. The highest BCUT2D eigenvalue weighted by atomic mass is 32.1. The van der Waals surface area contributed by atoms with Crippen molar-refractivity contribution in [2.45, 2.75) is 27.7 Å². The highest BCUT2D eigenvalue weighted by molar-refractivity contribution is 7.00. The minimum atomic E-state index is -0.383. The van der Waals surface area contributed by atoms with Crippen molar-refractivity contribution in [2.75, 3.05) is 11.9 Å². The fraction of sp³-hybridized carbons (Fsp3) is 0.444. The molecule has 1 saturated carbocycles. The molecule has 0 spiro atoms. The molecule has 0 aliphatic heterocycles. The first kappa shape index (κ1) is 17.5. The number of carbonyl (C=O) groups is 2. The lowest BCUT2D eigenvalue weighted by molar-refractivity contribution is -0.149. The number of aromatic nitrogens is 2. The number of nitrogens with zero attached hydrogens (tertiary/aromatic N) is 2. The van der Waals surface area contributed by atoms with E-state index >= 15 is 0 Å². The minimum Gasteiger partial charge on any atom is -0.455 e. The zero-order valence-corrected chi connectivity index (χ0v) is 15.5. The number of benzene rings is 1. The summed E-state index contributed by atoms with van der Waals surface area (Å²) in [5.41, 5.74) is 2.99. The number of ether oxygens (including phenoxy) is 1. The Morgan fingerprint density at radius 1 is 1.32 bits per heavy atom. The zero-order valence-electron chi connectivity index (χ0n) is 14.7. The molecular formula is C18H21N3O3S. The Hall–Kier alpha value is -2.28. The van der Waals surface area contributed by atoms with Crippen LogP contribution in [0, 0.1) is 17.3 Å². The third kappa shape index (κ3) is 3.56. The summed E-state index contributed by atoms with van der Waals surface area (Å²) in [5.74, 6) is -0.730. The molecule has 6 nitrogen and oxygen atoms in total. The first-order valence-electron chi connectivity index (χ1n) is 8.13. The summed E-state index contributed by atoms with van der Waals surface area (Å²) in [5, 5.41) is 2.73. The molecular weight excluding hydrogens is 338 g/mol. The topological polar surface area (TPSA) is 81.2 Å². The highest BCUT2D eigenvalue weighted by Crippen LogP contribution is 2.59. The monoisotopic (exact) mass is 359 g/mol. The van der Waals surface area contributed by atoms with E-state index in [9.17, 15) is 9.59 Å². The molecule has 25 heavy (non-hydrogen) atoms. The van der Waals surface area contributed by atoms with Gasteiger partial charge >= 0.3 is 5.97 Å². The van der Waals surface area contributed by atoms with Crippen LogP contribution in [-0.2, 0) is 14.3 Å². The van der Waals surface area contributed by atoms with Crippen LogP contribution in [0.5, 0.6) is 0 Å². The summed E-state index contributed by atoms with van der Waals surface area (Å²) in [7, 11) is 0. The quantitative estimate of drug-likeness (QED) is 0.653. The van der Waals surface area contributed by atoms with E-state index in [0.717, 1.165) is 17.2 Å². The molecule has 0 saturated heterocycles. The van der Waals surface area contributed by atoms with Gasteiger partial charge in [0.2, 0.25) is 0 Å². The number of esters is 1. The van der Waals surface area contributed by atoms with Crippen molar-refractivity contribution < 1.29 is 14.3 Å². The molecule has 1 aromatic carbocycles. The molecule has 132 valence electrons. The Morgan fingerprint density at radius 2 is 2.08 bits per heavy atom. The average Bonchev–Trinajstić information content (AvgIpc) is 2.89. The Bertz CT molecular complexity index is 852.